The minimum Gasteiger partial charge on any atom is -0.481 e. The van der Waals surface area contributed by atoms with Crippen LogP contribution in [-0.2, 0) is 47.7 Å². The van der Waals surface area contributed by atoms with E-state index in [2.05, 4.69) is 21.3 Å². The molecule has 4 amide bonds. The van der Waals surface area contributed by atoms with Gasteiger partial charge in [-0.05, 0) is 26.2 Å². The van der Waals surface area contributed by atoms with Crippen molar-refractivity contribution in [2.75, 3.05) is 65.9 Å². The second-order valence-corrected chi connectivity index (χ2v) is 13.1. The number of carboxylic acid groups (broad SMARTS) is 2. The summed E-state index contributed by atoms with van der Waals surface area (Å²) in [5.74, 6) is -3.23. The van der Waals surface area contributed by atoms with E-state index in [0.717, 1.165) is 38.5 Å². The lowest BCUT2D eigenvalue weighted by atomic mass is 10.0. The first-order valence-electron chi connectivity index (χ1n) is 19.7. The minimum absolute atomic E-state index is 0.0256. The minimum atomic E-state index is -1.18. The van der Waals surface area contributed by atoms with E-state index in [0.29, 0.717) is 19.5 Å². The highest BCUT2D eigenvalue weighted by Crippen LogP contribution is 2.14. The maximum absolute atomic E-state index is 12.3. The zero-order valence-corrected chi connectivity index (χ0v) is 32.5. The van der Waals surface area contributed by atoms with Gasteiger partial charge in [-0.15, -0.1) is 0 Å². The molecule has 0 aromatic heterocycles. The quantitative estimate of drug-likeness (QED) is 0.0350. The van der Waals surface area contributed by atoms with E-state index in [1.54, 1.807) is 6.92 Å². The third-order valence-corrected chi connectivity index (χ3v) is 8.17. The van der Waals surface area contributed by atoms with Crippen LogP contribution in [0.3, 0.4) is 0 Å². The molecule has 54 heavy (non-hydrogen) atoms. The summed E-state index contributed by atoms with van der Waals surface area (Å²) < 4.78 is 21.2. The van der Waals surface area contributed by atoms with E-state index >= 15 is 0 Å². The van der Waals surface area contributed by atoms with Gasteiger partial charge >= 0.3 is 11.9 Å². The van der Waals surface area contributed by atoms with Crippen molar-refractivity contribution in [2.24, 2.45) is 5.73 Å². The summed E-state index contributed by atoms with van der Waals surface area (Å²) in [6, 6.07) is -1.14. The molecule has 17 nitrogen and oxygen atoms in total. The van der Waals surface area contributed by atoms with Crippen LogP contribution in [0.5, 0.6) is 0 Å². The average molecular weight is 776 g/mol. The largest absolute Gasteiger partial charge is 0.481 e. The smallest absolute Gasteiger partial charge is 0.326 e. The Labute approximate surface area is 320 Å². The molecule has 0 saturated heterocycles. The maximum atomic E-state index is 12.3. The lowest BCUT2D eigenvalue weighted by molar-refractivity contribution is -0.142. The molecule has 2 atom stereocenters. The van der Waals surface area contributed by atoms with Crippen LogP contribution in [0.1, 0.15) is 122 Å². The molecule has 0 heterocycles. The number of rotatable bonds is 39. The summed E-state index contributed by atoms with van der Waals surface area (Å²) in [6.45, 7) is 3.19. The molecule has 0 fully saturated rings. The lowest BCUT2D eigenvalue weighted by Gasteiger charge is -2.15. The fraction of sp³-hybridized carbons (Fsp3) is 0.838. The number of hydrogen-bond acceptors (Lipinski definition) is 11. The number of unbranched alkanes of at least 4 members (excludes halogenated alkanes) is 13. The van der Waals surface area contributed by atoms with Crippen LogP contribution in [0.15, 0.2) is 0 Å². The molecule has 0 bridgehead atoms. The van der Waals surface area contributed by atoms with E-state index in [1.165, 1.54) is 44.9 Å². The van der Waals surface area contributed by atoms with Gasteiger partial charge in [0.25, 0.3) is 0 Å². The Morgan fingerprint density at radius 3 is 1.59 bits per heavy atom. The van der Waals surface area contributed by atoms with Crippen molar-refractivity contribution >= 4 is 35.6 Å². The predicted octanol–water partition coefficient (Wildman–Crippen LogP) is 2.38. The normalized spacial score (nSPS) is 12.1. The molecule has 17 heteroatoms. The Morgan fingerprint density at radius 2 is 1.04 bits per heavy atom. The van der Waals surface area contributed by atoms with E-state index in [4.69, 9.17) is 29.8 Å². The van der Waals surface area contributed by atoms with E-state index in [1.807, 2.05) is 0 Å². The Hall–Kier alpha value is -3.38. The third-order valence-electron chi connectivity index (χ3n) is 8.17. The molecule has 0 aromatic carbocycles. The molecule has 0 aliphatic heterocycles. The van der Waals surface area contributed by atoms with Crippen molar-refractivity contribution in [2.45, 2.75) is 135 Å². The molecule has 0 saturated carbocycles. The fourth-order valence-corrected chi connectivity index (χ4v) is 5.24. The number of carboxylic acids is 2. The van der Waals surface area contributed by atoms with Crippen molar-refractivity contribution in [1.82, 2.24) is 21.3 Å². The fourth-order valence-electron chi connectivity index (χ4n) is 5.24. The number of carbonyl (C=O) groups excluding carboxylic acids is 4. The van der Waals surface area contributed by atoms with E-state index in [9.17, 15) is 33.9 Å². The zero-order chi connectivity index (χ0) is 40.1. The molecule has 0 aromatic rings. The number of aliphatic carboxylic acids is 2. The van der Waals surface area contributed by atoms with Crippen molar-refractivity contribution in [1.29, 1.82) is 0 Å². The summed E-state index contributed by atoms with van der Waals surface area (Å²) in [6.07, 6.45) is 14.9. The summed E-state index contributed by atoms with van der Waals surface area (Å²) in [5, 5.41) is 28.5. The summed E-state index contributed by atoms with van der Waals surface area (Å²) in [7, 11) is 0. The monoisotopic (exact) mass is 775 g/mol. The van der Waals surface area contributed by atoms with Gasteiger partial charge in [0.2, 0.25) is 23.6 Å². The molecular weight excluding hydrogens is 706 g/mol. The Bertz CT molecular complexity index is 1020. The first kappa shape index (κ1) is 50.6. The Kier molecular flexibility index (Phi) is 34.3. The summed E-state index contributed by atoms with van der Waals surface area (Å²) >= 11 is 0. The van der Waals surface area contributed by atoms with Gasteiger partial charge in [0, 0.05) is 38.9 Å². The van der Waals surface area contributed by atoms with Gasteiger partial charge in [-0.3, -0.25) is 24.0 Å². The predicted molar refractivity (Wildman–Crippen MR) is 201 cm³/mol. The van der Waals surface area contributed by atoms with Gasteiger partial charge in [-0.25, -0.2) is 4.79 Å². The topological polar surface area (TPSA) is 254 Å². The highest BCUT2D eigenvalue weighted by molar-refractivity contribution is 5.84. The summed E-state index contributed by atoms with van der Waals surface area (Å²) in [5.41, 5.74) is 5.30. The van der Waals surface area contributed by atoms with Gasteiger partial charge in [-0.1, -0.05) is 77.0 Å². The molecule has 314 valence electrons. The molecule has 2 unspecified atom stereocenters. The number of hydrogen-bond donors (Lipinski definition) is 7. The number of amides is 4. The first-order chi connectivity index (χ1) is 26.0. The van der Waals surface area contributed by atoms with Gasteiger partial charge in [-0.2, -0.15) is 0 Å². The highest BCUT2D eigenvalue weighted by atomic mass is 16.5. The van der Waals surface area contributed by atoms with Crippen LogP contribution in [0, 0.1) is 0 Å². The third kappa shape index (κ3) is 35.6. The van der Waals surface area contributed by atoms with Crippen LogP contribution < -0.4 is 27.0 Å². The van der Waals surface area contributed by atoms with Crippen LogP contribution in [0.4, 0.5) is 0 Å². The summed E-state index contributed by atoms with van der Waals surface area (Å²) in [4.78, 5) is 69.9. The molecule has 8 N–H and O–H groups in total. The van der Waals surface area contributed by atoms with Gasteiger partial charge < -0.3 is 56.2 Å². The van der Waals surface area contributed by atoms with Gasteiger partial charge in [0.05, 0.1) is 33.0 Å². The molecule has 0 spiro atoms. The number of ether oxygens (including phenoxy) is 4. The SMILES string of the molecule is CC(NC(=O)COCCOCCNC(=O)CCC(NC(=O)CCCCCCCCCCCCCCCCC(=O)O)C(=O)O)OCCOCC(=O)NCCN. The van der Waals surface area contributed by atoms with Crippen LogP contribution in [0.25, 0.3) is 0 Å². The molecule has 0 aliphatic rings. The highest BCUT2D eigenvalue weighted by Gasteiger charge is 2.20. The average Bonchev–Trinajstić information content (AvgIpc) is 3.12. The number of nitrogens with two attached hydrogens (primary N) is 1. The standard InChI is InChI=1S/C37H69N5O12/c1-30(54-27-26-53-28-34(45)39-21-20-38)41-35(46)29-52-25-24-51-23-22-40-32(43)19-18-31(37(49)50)42-33(44)16-14-12-10-8-6-4-2-3-5-7-9-11-13-15-17-36(47)48/h30-31H,2-29,38H2,1H3,(H,39,45)(H,40,43)(H,41,46)(H,42,44)(H,47,48)(H,49,50). The first-order valence-corrected chi connectivity index (χ1v) is 19.7. The van der Waals surface area contributed by atoms with Gasteiger partial charge in [0.1, 0.15) is 25.5 Å². The molecular formula is C37H69N5O12. The number of carbonyl (C=O) groups is 6. The van der Waals surface area contributed by atoms with Crippen molar-refractivity contribution < 1.29 is 57.9 Å². The van der Waals surface area contributed by atoms with Crippen LogP contribution >= 0.6 is 0 Å². The van der Waals surface area contributed by atoms with Crippen molar-refractivity contribution in [3.05, 3.63) is 0 Å². The lowest BCUT2D eigenvalue weighted by Crippen LogP contribution is -2.41. The maximum Gasteiger partial charge on any atom is 0.326 e. The van der Waals surface area contributed by atoms with Crippen LogP contribution in [0.2, 0.25) is 0 Å². The zero-order valence-electron chi connectivity index (χ0n) is 32.5. The van der Waals surface area contributed by atoms with Gasteiger partial charge in [0.15, 0.2) is 0 Å². The Morgan fingerprint density at radius 1 is 0.537 bits per heavy atom. The van der Waals surface area contributed by atoms with E-state index < -0.39 is 24.2 Å². The second-order valence-electron chi connectivity index (χ2n) is 13.1. The number of nitrogens with one attached hydrogen (secondary N) is 4. The van der Waals surface area contributed by atoms with E-state index in [-0.39, 0.29) is 102 Å². The second kappa shape index (κ2) is 36.6. The molecule has 0 radical (unpaired) electrons. The van der Waals surface area contributed by atoms with Crippen molar-refractivity contribution in [3.8, 4) is 0 Å². The van der Waals surface area contributed by atoms with Crippen LogP contribution in [-0.4, -0.2) is 124 Å². The molecule has 0 aliphatic carbocycles. The van der Waals surface area contributed by atoms with Crippen molar-refractivity contribution in [3.63, 3.8) is 0 Å². The molecule has 0 rings (SSSR count). The Balaban J connectivity index is 3.73.